The lowest BCUT2D eigenvalue weighted by Gasteiger charge is -2.07. The van der Waals surface area contributed by atoms with Crippen molar-refractivity contribution in [3.8, 4) is 11.1 Å². The number of carbonyl (C=O) groups is 1. The first-order valence-corrected chi connectivity index (χ1v) is 5.51. The maximum Gasteiger partial charge on any atom is 0.151 e. The van der Waals surface area contributed by atoms with Gasteiger partial charge in [0.2, 0.25) is 0 Å². The summed E-state index contributed by atoms with van der Waals surface area (Å²) in [6, 6.07) is 9.76. The first-order chi connectivity index (χ1) is 8.11. The van der Waals surface area contributed by atoms with E-state index in [-0.39, 0.29) is 5.82 Å². The van der Waals surface area contributed by atoms with E-state index in [9.17, 15) is 9.18 Å². The Hall–Kier alpha value is -1.67. The standard InChI is InChI=1S/C14H10ClFO/c1-9-6-12(16)4-5-13(9)10-2-3-11(8-17)14(15)7-10/h2-8H,1H3. The Balaban J connectivity index is 2.53. The molecule has 0 saturated carbocycles. The molecule has 2 rings (SSSR count). The average Bonchev–Trinajstić information content (AvgIpc) is 2.29. The average molecular weight is 249 g/mol. The normalized spacial score (nSPS) is 10.3. The second-order valence-corrected chi connectivity index (χ2v) is 4.22. The Morgan fingerprint density at radius 1 is 1.18 bits per heavy atom. The van der Waals surface area contributed by atoms with E-state index in [2.05, 4.69) is 0 Å². The van der Waals surface area contributed by atoms with Crippen molar-refractivity contribution in [1.82, 2.24) is 0 Å². The molecule has 0 aliphatic rings. The predicted octanol–water partition coefficient (Wildman–Crippen LogP) is 4.27. The van der Waals surface area contributed by atoms with Gasteiger partial charge in [0.1, 0.15) is 5.82 Å². The van der Waals surface area contributed by atoms with Crippen LogP contribution in [0.5, 0.6) is 0 Å². The van der Waals surface area contributed by atoms with Crippen LogP contribution in [0, 0.1) is 12.7 Å². The Bertz CT molecular complexity index is 578. The van der Waals surface area contributed by atoms with Crippen molar-refractivity contribution in [3.05, 3.63) is 58.4 Å². The molecule has 0 radical (unpaired) electrons. The lowest BCUT2D eigenvalue weighted by Crippen LogP contribution is -1.87. The fourth-order valence-corrected chi connectivity index (χ4v) is 1.97. The minimum atomic E-state index is -0.262. The molecular weight excluding hydrogens is 239 g/mol. The van der Waals surface area contributed by atoms with Crippen LogP contribution in [-0.2, 0) is 0 Å². The van der Waals surface area contributed by atoms with Crippen molar-refractivity contribution in [1.29, 1.82) is 0 Å². The van der Waals surface area contributed by atoms with Crippen LogP contribution in [-0.4, -0.2) is 6.29 Å². The van der Waals surface area contributed by atoms with E-state index in [1.807, 2.05) is 6.92 Å². The quantitative estimate of drug-likeness (QED) is 0.726. The number of benzene rings is 2. The van der Waals surface area contributed by atoms with Gasteiger partial charge in [-0.05, 0) is 47.9 Å². The molecule has 0 aromatic heterocycles. The Morgan fingerprint density at radius 3 is 2.53 bits per heavy atom. The second kappa shape index (κ2) is 4.68. The molecule has 0 bridgehead atoms. The van der Waals surface area contributed by atoms with Crippen LogP contribution in [0.4, 0.5) is 4.39 Å². The highest BCUT2D eigenvalue weighted by Crippen LogP contribution is 2.27. The first kappa shape index (κ1) is 11.8. The number of halogens is 2. The smallest absolute Gasteiger partial charge is 0.151 e. The molecule has 3 heteroatoms. The highest BCUT2D eigenvalue weighted by molar-refractivity contribution is 6.33. The number of carbonyl (C=O) groups excluding carboxylic acids is 1. The zero-order valence-corrected chi connectivity index (χ0v) is 9.96. The maximum atomic E-state index is 13.0. The summed E-state index contributed by atoms with van der Waals surface area (Å²) < 4.78 is 13.0. The van der Waals surface area contributed by atoms with Gasteiger partial charge in [-0.1, -0.05) is 23.7 Å². The summed E-state index contributed by atoms with van der Waals surface area (Å²) in [5, 5.41) is 0.404. The summed E-state index contributed by atoms with van der Waals surface area (Å²) in [7, 11) is 0. The second-order valence-electron chi connectivity index (χ2n) is 3.81. The summed E-state index contributed by atoms with van der Waals surface area (Å²) in [6.45, 7) is 1.83. The van der Waals surface area contributed by atoms with Crippen LogP contribution >= 0.6 is 11.6 Å². The molecule has 0 heterocycles. The number of aldehydes is 1. The van der Waals surface area contributed by atoms with E-state index in [4.69, 9.17) is 11.6 Å². The molecule has 0 fully saturated rings. The molecule has 2 aromatic carbocycles. The third-order valence-electron chi connectivity index (χ3n) is 2.63. The molecule has 17 heavy (non-hydrogen) atoms. The molecule has 2 aromatic rings. The van der Waals surface area contributed by atoms with E-state index in [0.29, 0.717) is 16.9 Å². The van der Waals surface area contributed by atoms with Gasteiger partial charge in [0.25, 0.3) is 0 Å². The minimum absolute atomic E-state index is 0.262. The highest BCUT2D eigenvalue weighted by Gasteiger charge is 2.06. The third kappa shape index (κ3) is 2.37. The zero-order valence-electron chi connectivity index (χ0n) is 9.21. The molecule has 0 aliphatic carbocycles. The molecule has 0 aliphatic heterocycles. The Kier molecular flexibility index (Phi) is 3.25. The van der Waals surface area contributed by atoms with Gasteiger partial charge in [-0.15, -0.1) is 0 Å². The molecule has 86 valence electrons. The monoisotopic (exact) mass is 248 g/mol. The zero-order chi connectivity index (χ0) is 12.4. The molecule has 0 N–H and O–H groups in total. The largest absolute Gasteiger partial charge is 0.298 e. The summed E-state index contributed by atoms with van der Waals surface area (Å²) in [6.07, 6.45) is 0.712. The van der Waals surface area contributed by atoms with Crippen molar-refractivity contribution >= 4 is 17.9 Å². The lowest BCUT2D eigenvalue weighted by atomic mass is 9.99. The predicted molar refractivity (Wildman–Crippen MR) is 67.0 cm³/mol. The summed E-state index contributed by atoms with van der Waals surface area (Å²) >= 11 is 5.96. The summed E-state index contributed by atoms with van der Waals surface area (Å²) in [4.78, 5) is 10.7. The number of hydrogen-bond acceptors (Lipinski definition) is 1. The fraction of sp³-hybridized carbons (Fsp3) is 0.0714. The van der Waals surface area contributed by atoms with Gasteiger partial charge >= 0.3 is 0 Å². The van der Waals surface area contributed by atoms with E-state index >= 15 is 0 Å². The van der Waals surface area contributed by atoms with E-state index < -0.39 is 0 Å². The van der Waals surface area contributed by atoms with Gasteiger partial charge < -0.3 is 0 Å². The molecule has 0 atom stereocenters. The SMILES string of the molecule is Cc1cc(F)ccc1-c1ccc(C=O)c(Cl)c1. The van der Waals surface area contributed by atoms with Crippen molar-refractivity contribution in [2.45, 2.75) is 6.92 Å². The van der Waals surface area contributed by atoms with Gasteiger partial charge in [0.15, 0.2) is 6.29 Å². The maximum absolute atomic E-state index is 13.0. The Labute approximate surface area is 104 Å². The van der Waals surface area contributed by atoms with E-state index in [1.165, 1.54) is 12.1 Å². The van der Waals surface area contributed by atoms with Gasteiger partial charge in [0, 0.05) is 5.56 Å². The molecule has 0 amide bonds. The molecular formula is C14H10ClFO. The van der Waals surface area contributed by atoms with Crippen LogP contribution in [0.25, 0.3) is 11.1 Å². The van der Waals surface area contributed by atoms with Crippen molar-refractivity contribution in [3.63, 3.8) is 0 Å². The Morgan fingerprint density at radius 2 is 1.94 bits per heavy atom. The first-order valence-electron chi connectivity index (χ1n) is 5.13. The van der Waals surface area contributed by atoms with Crippen molar-refractivity contribution in [2.24, 2.45) is 0 Å². The third-order valence-corrected chi connectivity index (χ3v) is 2.95. The lowest BCUT2D eigenvalue weighted by molar-refractivity contribution is 0.112. The van der Waals surface area contributed by atoms with Gasteiger partial charge in [-0.2, -0.15) is 0 Å². The molecule has 0 spiro atoms. The van der Waals surface area contributed by atoms with Crippen molar-refractivity contribution in [2.75, 3.05) is 0 Å². The van der Waals surface area contributed by atoms with Crippen LogP contribution in [0.3, 0.4) is 0 Å². The van der Waals surface area contributed by atoms with E-state index in [1.54, 1.807) is 24.3 Å². The molecule has 1 nitrogen and oxygen atoms in total. The minimum Gasteiger partial charge on any atom is -0.298 e. The van der Waals surface area contributed by atoms with E-state index in [0.717, 1.165) is 16.7 Å². The molecule has 0 unspecified atom stereocenters. The fourth-order valence-electron chi connectivity index (χ4n) is 1.74. The highest BCUT2D eigenvalue weighted by atomic mass is 35.5. The van der Waals surface area contributed by atoms with Gasteiger partial charge in [-0.3, -0.25) is 4.79 Å². The molecule has 0 saturated heterocycles. The number of rotatable bonds is 2. The summed E-state index contributed by atoms with van der Waals surface area (Å²) in [5.41, 5.74) is 3.07. The topological polar surface area (TPSA) is 17.1 Å². The summed E-state index contributed by atoms with van der Waals surface area (Å²) in [5.74, 6) is -0.262. The van der Waals surface area contributed by atoms with Crippen LogP contribution in [0.2, 0.25) is 5.02 Å². The number of hydrogen-bond donors (Lipinski definition) is 0. The van der Waals surface area contributed by atoms with Gasteiger partial charge in [-0.25, -0.2) is 4.39 Å². The van der Waals surface area contributed by atoms with Crippen LogP contribution in [0.15, 0.2) is 36.4 Å². The van der Waals surface area contributed by atoms with Gasteiger partial charge in [0.05, 0.1) is 5.02 Å². The van der Waals surface area contributed by atoms with Crippen LogP contribution < -0.4 is 0 Å². The van der Waals surface area contributed by atoms with Crippen LogP contribution in [0.1, 0.15) is 15.9 Å². The van der Waals surface area contributed by atoms with Crippen molar-refractivity contribution < 1.29 is 9.18 Å². The number of aryl methyl sites for hydroxylation is 1.